The first-order valence-corrected chi connectivity index (χ1v) is 11.7. The second kappa shape index (κ2) is 11.0. The second-order valence-electron chi connectivity index (χ2n) is 8.63. The van der Waals surface area contributed by atoms with E-state index in [-0.39, 0.29) is 28.3 Å². The Morgan fingerprint density at radius 1 is 1.12 bits per heavy atom. The number of ketones is 1. The standard InChI is InChI=1S/C25H29ClFN3O4/c1-25(23(28)32,30(24(33)34)15-7-14-29-12-5-2-6-13-29)20-11-10-17(26)16-19(20)22(31)18-8-3-4-9-21(18)27/h3-4,8-11,16H,2,5-7,12-15H2,1H3,(H2,28,32)(H,33,34). The molecule has 34 heavy (non-hydrogen) atoms. The highest BCUT2D eigenvalue weighted by atomic mass is 35.5. The monoisotopic (exact) mass is 489 g/mol. The Kier molecular flexibility index (Phi) is 8.28. The Balaban J connectivity index is 2.00. The lowest BCUT2D eigenvalue weighted by Crippen LogP contribution is -2.56. The maximum Gasteiger partial charge on any atom is 0.408 e. The van der Waals surface area contributed by atoms with Gasteiger partial charge in [-0.25, -0.2) is 9.18 Å². The van der Waals surface area contributed by atoms with Gasteiger partial charge in [0.15, 0.2) is 5.78 Å². The van der Waals surface area contributed by atoms with Gasteiger partial charge in [-0.2, -0.15) is 0 Å². The maximum atomic E-state index is 14.4. The number of benzene rings is 2. The molecule has 182 valence electrons. The molecule has 0 spiro atoms. The average Bonchev–Trinajstić information content (AvgIpc) is 2.81. The minimum Gasteiger partial charge on any atom is -0.465 e. The molecule has 0 aliphatic carbocycles. The van der Waals surface area contributed by atoms with Crippen molar-refractivity contribution in [3.8, 4) is 0 Å². The van der Waals surface area contributed by atoms with E-state index in [1.54, 1.807) is 0 Å². The summed E-state index contributed by atoms with van der Waals surface area (Å²) in [4.78, 5) is 41.6. The third-order valence-electron chi connectivity index (χ3n) is 6.42. The number of carbonyl (C=O) groups is 3. The number of hydrogen-bond donors (Lipinski definition) is 2. The van der Waals surface area contributed by atoms with Crippen molar-refractivity contribution in [1.82, 2.24) is 9.80 Å². The molecule has 2 aromatic rings. The van der Waals surface area contributed by atoms with Gasteiger partial charge >= 0.3 is 6.09 Å². The summed E-state index contributed by atoms with van der Waals surface area (Å²) in [5.41, 5.74) is 3.63. The molecule has 0 bridgehead atoms. The van der Waals surface area contributed by atoms with Crippen molar-refractivity contribution in [1.29, 1.82) is 0 Å². The quantitative estimate of drug-likeness (QED) is 0.512. The molecule has 2 amide bonds. The third-order valence-corrected chi connectivity index (χ3v) is 6.66. The Labute approximate surface area is 203 Å². The molecule has 1 unspecified atom stereocenters. The zero-order valence-electron chi connectivity index (χ0n) is 19.1. The van der Waals surface area contributed by atoms with E-state index in [9.17, 15) is 23.9 Å². The summed E-state index contributed by atoms with van der Waals surface area (Å²) < 4.78 is 14.4. The fourth-order valence-corrected chi connectivity index (χ4v) is 4.65. The highest BCUT2D eigenvalue weighted by Crippen LogP contribution is 2.34. The lowest BCUT2D eigenvalue weighted by Gasteiger charge is -2.39. The Morgan fingerprint density at radius 2 is 1.79 bits per heavy atom. The lowest BCUT2D eigenvalue weighted by atomic mass is 9.83. The molecule has 3 N–H and O–H groups in total. The summed E-state index contributed by atoms with van der Waals surface area (Å²) in [7, 11) is 0. The molecule has 3 rings (SSSR count). The average molecular weight is 490 g/mol. The number of likely N-dealkylation sites (tertiary alicyclic amines) is 1. The summed E-state index contributed by atoms with van der Waals surface area (Å²) in [5.74, 6) is -2.41. The molecular formula is C25H29ClFN3O4. The first-order chi connectivity index (χ1) is 16.2. The van der Waals surface area contributed by atoms with Crippen LogP contribution >= 0.6 is 11.6 Å². The first-order valence-electron chi connectivity index (χ1n) is 11.3. The molecule has 0 saturated carbocycles. The van der Waals surface area contributed by atoms with Gasteiger partial charge in [-0.3, -0.25) is 14.5 Å². The number of amides is 2. The van der Waals surface area contributed by atoms with E-state index >= 15 is 0 Å². The number of halogens is 2. The summed E-state index contributed by atoms with van der Waals surface area (Å²) in [6, 6.07) is 9.59. The van der Waals surface area contributed by atoms with Crippen LogP contribution in [0.15, 0.2) is 42.5 Å². The number of piperidine rings is 1. The summed E-state index contributed by atoms with van der Waals surface area (Å²) >= 11 is 6.13. The van der Waals surface area contributed by atoms with Crippen molar-refractivity contribution >= 4 is 29.4 Å². The molecule has 9 heteroatoms. The zero-order valence-corrected chi connectivity index (χ0v) is 19.9. The van der Waals surface area contributed by atoms with Gasteiger partial charge in [0, 0.05) is 17.1 Å². The van der Waals surface area contributed by atoms with Crippen LogP contribution in [0.25, 0.3) is 0 Å². The predicted octanol–water partition coefficient (Wildman–Crippen LogP) is 4.27. The smallest absolute Gasteiger partial charge is 0.408 e. The molecule has 1 fully saturated rings. The van der Waals surface area contributed by atoms with Crippen LogP contribution in [0.4, 0.5) is 9.18 Å². The van der Waals surface area contributed by atoms with Crippen molar-refractivity contribution in [2.45, 2.75) is 38.1 Å². The number of carboxylic acid groups (broad SMARTS) is 1. The van der Waals surface area contributed by atoms with Crippen LogP contribution in [0.3, 0.4) is 0 Å². The summed E-state index contributed by atoms with van der Waals surface area (Å²) in [6.07, 6.45) is 2.54. The van der Waals surface area contributed by atoms with Crippen molar-refractivity contribution in [3.05, 3.63) is 70.0 Å². The topological polar surface area (TPSA) is 104 Å². The molecular weight excluding hydrogens is 461 g/mol. The number of nitrogens with zero attached hydrogens (tertiary/aromatic N) is 2. The first kappa shape index (κ1) is 25.6. The van der Waals surface area contributed by atoms with Gasteiger partial charge in [-0.15, -0.1) is 0 Å². The zero-order chi connectivity index (χ0) is 24.9. The van der Waals surface area contributed by atoms with Crippen LogP contribution in [0.2, 0.25) is 5.02 Å². The third kappa shape index (κ3) is 5.39. The number of nitrogens with two attached hydrogens (primary N) is 1. The molecule has 0 aromatic heterocycles. The summed E-state index contributed by atoms with van der Waals surface area (Å²) in [6.45, 7) is 3.99. The van der Waals surface area contributed by atoms with Gasteiger partial charge in [-0.05, 0) is 75.6 Å². The Bertz CT molecular complexity index is 1070. The fraction of sp³-hybridized carbons (Fsp3) is 0.400. The van der Waals surface area contributed by atoms with Crippen molar-refractivity contribution in [2.75, 3.05) is 26.2 Å². The van der Waals surface area contributed by atoms with Crippen molar-refractivity contribution in [2.24, 2.45) is 5.73 Å². The van der Waals surface area contributed by atoms with E-state index in [0.717, 1.165) is 36.9 Å². The maximum absolute atomic E-state index is 14.4. The van der Waals surface area contributed by atoms with Crippen LogP contribution in [-0.4, -0.2) is 58.9 Å². The molecule has 2 aromatic carbocycles. The molecule has 1 aliphatic heterocycles. The highest BCUT2D eigenvalue weighted by Gasteiger charge is 2.45. The number of carbonyl (C=O) groups excluding carboxylic acids is 2. The molecule has 1 heterocycles. The van der Waals surface area contributed by atoms with Gasteiger partial charge in [0.1, 0.15) is 11.4 Å². The minimum atomic E-state index is -1.88. The van der Waals surface area contributed by atoms with E-state index in [0.29, 0.717) is 13.0 Å². The van der Waals surface area contributed by atoms with Crippen LogP contribution in [-0.2, 0) is 10.3 Å². The number of rotatable bonds is 9. The van der Waals surface area contributed by atoms with E-state index in [2.05, 4.69) is 4.90 Å². The van der Waals surface area contributed by atoms with Crippen LogP contribution in [0.1, 0.15) is 54.1 Å². The number of hydrogen-bond acceptors (Lipinski definition) is 4. The Hall–Kier alpha value is -2.97. The lowest BCUT2D eigenvalue weighted by molar-refractivity contribution is -0.129. The van der Waals surface area contributed by atoms with Crippen LogP contribution < -0.4 is 5.73 Å². The predicted molar refractivity (Wildman–Crippen MR) is 127 cm³/mol. The summed E-state index contributed by atoms with van der Waals surface area (Å²) in [5, 5.41) is 10.2. The van der Waals surface area contributed by atoms with Crippen LogP contribution in [0.5, 0.6) is 0 Å². The SMILES string of the molecule is CC(C(N)=O)(c1ccc(Cl)cc1C(=O)c1ccccc1F)N(CCCN1CCCCC1)C(=O)O. The molecule has 1 atom stereocenters. The molecule has 1 aliphatic rings. The molecule has 0 radical (unpaired) electrons. The van der Waals surface area contributed by atoms with Crippen molar-refractivity contribution in [3.63, 3.8) is 0 Å². The largest absolute Gasteiger partial charge is 0.465 e. The van der Waals surface area contributed by atoms with E-state index in [1.807, 2.05) is 0 Å². The minimum absolute atomic E-state index is 0.0290. The highest BCUT2D eigenvalue weighted by molar-refractivity contribution is 6.31. The Morgan fingerprint density at radius 3 is 2.41 bits per heavy atom. The molecule has 1 saturated heterocycles. The van der Waals surface area contributed by atoms with E-state index in [4.69, 9.17) is 17.3 Å². The van der Waals surface area contributed by atoms with Gasteiger partial charge in [-0.1, -0.05) is 36.2 Å². The van der Waals surface area contributed by atoms with Gasteiger partial charge in [0.2, 0.25) is 5.91 Å². The molecule has 7 nitrogen and oxygen atoms in total. The second-order valence-corrected chi connectivity index (χ2v) is 9.06. The fourth-order valence-electron chi connectivity index (χ4n) is 4.48. The van der Waals surface area contributed by atoms with Crippen LogP contribution in [0, 0.1) is 5.82 Å². The van der Waals surface area contributed by atoms with Crippen molar-refractivity contribution < 1.29 is 23.9 Å². The van der Waals surface area contributed by atoms with E-state index in [1.165, 1.54) is 49.7 Å². The van der Waals surface area contributed by atoms with E-state index < -0.39 is 29.1 Å². The number of primary amides is 1. The van der Waals surface area contributed by atoms with Gasteiger partial charge in [0.05, 0.1) is 5.56 Å². The van der Waals surface area contributed by atoms with Gasteiger partial charge in [0.25, 0.3) is 0 Å². The van der Waals surface area contributed by atoms with Gasteiger partial charge < -0.3 is 15.7 Å². The normalized spacial score (nSPS) is 16.0.